The molecule has 3 aromatic rings. The van der Waals surface area contributed by atoms with Crippen molar-refractivity contribution in [2.24, 2.45) is 0 Å². The Morgan fingerprint density at radius 2 is 1.79 bits per heavy atom. The van der Waals surface area contributed by atoms with E-state index in [4.69, 9.17) is 21.1 Å². The first kappa shape index (κ1) is 23.9. The van der Waals surface area contributed by atoms with Crippen LogP contribution < -0.4 is 14.8 Å². The molecule has 4 rings (SSSR count). The molecule has 0 saturated carbocycles. The third kappa shape index (κ3) is 5.79. The zero-order chi connectivity index (χ0) is 23.9. The predicted octanol–water partition coefficient (Wildman–Crippen LogP) is 4.32. The minimum atomic E-state index is -0.0224. The molecule has 178 valence electrons. The lowest BCUT2D eigenvalue weighted by Crippen LogP contribution is -2.48. The largest absolute Gasteiger partial charge is 0.497 e. The normalized spacial score (nSPS) is 14.0. The molecule has 7 nitrogen and oxygen atoms in total. The number of nitrogens with one attached hydrogen (secondary N) is 1. The summed E-state index contributed by atoms with van der Waals surface area (Å²) in [6, 6.07) is 17.1. The number of nitrogens with zero attached hydrogens (tertiary/aromatic N) is 3. The van der Waals surface area contributed by atoms with Gasteiger partial charge in [-0.15, -0.1) is 0 Å². The van der Waals surface area contributed by atoms with Gasteiger partial charge in [0.15, 0.2) is 0 Å². The van der Waals surface area contributed by atoms with E-state index in [1.807, 2.05) is 35.2 Å². The molecule has 0 unspecified atom stereocenters. The van der Waals surface area contributed by atoms with Gasteiger partial charge < -0.3 is 19.7 Å². The lowest BCUT2D eigenvalue weighted by molar-refractivity contribution is 0.0625. The highest BCUT2D eigenvalue weighted by Gasteiger charge is 2.25. The van der Waals surface area contributed by atoms with Crippen LogP contribution in [0.25, 0.3) is 0 Å². The Morgan fingerprint density at radius 3 is 2.50 bits per heavy atom. The summed E-state index contributed by atoms with van der Waals surface area (Å²) in [5.74, 6) is 2.04. The van der Waals surface area contributed by atoms with Crippen LogP contribution in [-0.2, 0) is 13.1 Å². The highest BCUT2D eigenvalue weighted by molar-refractivity contribution is 6.30. The molecule has 8 heteroatoms. The van der Waals surface area contributed by atoms with Gasteiger partial charge in [-0.1, -0.05) is 29.8 Å². The summed E-state index contributed by atoms with van der Waals surface area (Å²) in [4.78, 5) is 21.9. The van der Waals surface area contributed by atoms with E-state index in [-0.39, 0.29) is 5.91 Å². The summed E-state index contributed by atoms with van der Waals surface area (Å²) in [5.41, 5.74) is 2.83. The Balaban J connectivity index is 1.35. The van der Waals surface area contributed by atoms with E-state index in [1.54, 1.807) is 38.6 Å². The Morgan fingerprint density at radius 1 is 1.03 bits per heavy atom. The third-order valence-electron chi connectivity index (χ3n) is 5.96. The van der Waals surface area contributed by atoms with Gasteiger partial charge in [0.25, 0.3) is 5.91 Å². The first-order chi connectivity index (χ1) is 16.6. The second-order valence-electron chi connectivity index (χ2n) is 8.13. The number of carbonyl (C=O) groups is 1. The number of amides is 1. The summed E-state index contributed by atoms with van der Waals surface area (Å²) in [6.07, 6.45) is 1.80. The smallest absolute Gasteiger partial charge is 0.257 e. The number of benzene rings is 2. The highest BCUT2D eigenvalue weighted by atomic mass is 35.5. The molecule has 1 aromatic heterocycles. The van der Waals surface area contributed by atoms with Crippen LogP contribution in [0.15, 0.2) is 60.8 Å². The van der Waals surface area contributed by atoms with Gasteiger partial charge in [-0.3, -0.25) is 9.69 Å². The average molecular weight is 481 g/mol. The molecule has 1 fully saturated rings. The van der Waals surface area contributed by atoms with E-state index in [0.717, 1.165) is 41.6 Å². The maximum Gasteiger partial charge on any atom is 0.257 e. The predicted molar refractivity (Wildman–Crippen MR) is 134 cm³/mol. The molecule has 1 saturated heterocycles. The molecule has 2 heterocycles. The van der Waals surface area contributed by atoms with Crippen LogP contribution >= 0.6 is 11.6 Å². The van der Waals surface area contributed by atoms with Crippen molar-refractivity contribution in [1.82, 2.24) is 14.8 Å². The van der Waals surface area contributed by atoms with E-state index in [2.05, 4.69) is 21.3 Å². The van der Waals surface area contributed by atoms with Crippen molar-refractivity contribution in [3.63, 3.8) is 0 Å². The van der Waals surface area contributed by atoms with Crippen LogP contribution in [0.2, 0.25) is 5.02 Å². The first-order valence-electron chi connectivity index (χ1n) is 11.2. The Hall–Kier alpha value is -3.29. The van der Waals surface area contributed by atoms with Crippen LogP contribution in [-0.4, -0.2) is 61.1 Å². The number of halogens is 1. The minimum Gasteiger partial charge on any atom is -0.497 e. The average Bonchev–Trinajstić information content (AvgIpc) is 2.88. The molecule has 2 aromatic carbocycles. The van der Waals surface area contributed by atoms with Gasteiger partial charge in [-0.25, -0.2) is 4.98 Å². The van der Waals surface area contributed by atoms with Crippen molar-refractivity contribution in [2.45, 2.75) is 13.1 Å². The molecule has 1 N–H and O–H groups in total. The van der Waals surface area contributed by atoms with Crippen molar-refractivity contribution >= 4 is 23.3 Å². The number of piperazine rings is 1. The molecule has 1 amide bonds. The topological polar surface area (TPSA) is 66.9 Å². The minimum absolute atomic E-state index is 0.0224. The van der Waals surface area contributed by atoms with E-state index in [9.17, 15) is 4.79 Å². The van der Waals surface area contributed by atoms with E-state index in [0.29, 0.717) is 36.7 Å². The Bertz CT molecular complexity index is 1120. The zero-order valence-electron chi connectivity index (χ0n) is 19.5. The lowest BCUT2D eigenvalue weighted by Gasteiger charge is -2.35. The number of pyridine rings is 1. The summed E-state index contributed by atoms with van der Waals surface area (Å²) in [6.45, 7) is 4.33. The standard InChI is InChI=1S/C26H29ClN4O3/c1-33-22-9-10-23(24(16-22)34-2)26(32)31-14-12-30(13-15-31)18-20-4-3-11-28-25(20)29-17-19-5-7-21(27)8-6-19/h3-11,16H,12-15,17-18H2,1-2H3,(H,28,29). The highest BCUT2D eigenvalue weighted by Crippen LogP contribution is 2.26. The van der Waals surface area contributed by atoms with E-state index < -0.39 is 0 Å². The third-order valence-corrected chi connectivity index (χ3v) is 6.21. The number of aromatic nitrogens is 1. The fourth-order valence-corrected chi connectivity index (χ4v) is 4.13. The molecule has 0 aliphatic carbocycles. The Kier molecular flexibility index (Phi) is 7.87. The molecule has 0 atom stereocenters. The molecule has 0 spiro atoms. The zero-order valence-corrected chi connectivity index (χ0v) is 20.2. The van der Waals surface area contributed by atoms with Gasteiger partial charge >= 0.3 is 0 Å². The molecule has 1 aliphatic heterocycles. The summed E-state index contributed by atoms with van der Waals surface area (Å²) in [5, 5.41) is 4.17. The molecular formula is C26H29ClN4O3. The summed E-state index contributed by atoms with van der Waals surface area (Å²) >= 11 is 5.98. The number of carbonyl (C=O) groups excluding carboxylic acids is 1. The van der Waals surface area contributed by atoms with Gasteiger partial charge in [0, 0.05) is 62.1 Å². The van der Waals surface area contributed by atoms with Crippen molar-refractivity contribution in [3.8, 4) is 11.5 Å². The van der Waals surface area contributed by atoms with Crippen LogP contribution in [0.3, 0.4) is 0 Å². The fourth-order valence-electron chi connectivity index (χ4n) is 4.01. The van der Waals surface area contributed by atoms with Crippen molar-refractivity contribution in [2.75, 3.05) is 45.7 Å². The SMILES string of the molecule is COc1ccc(C(=O)N2CCN(Cc3cccnc3NCc3ccc(Cl)cc3)CC2)c(OC)c1. The van der Waals surface area contributed by atoms with E-state index >= 15 is 0 Å². The number of methoxy groups -OCH3 is 2. The molecule has 1 aliphatic rings. The quantitative estimate of drug-likeness (QED) is 0.518. The van der Waals surface area contributed by atoms with Crippen LogP contribution in [0, 0.1) is 0 Å². The van der Waals surface area contributed by atoms with Gasteiger partial charge in [0.1, 0.15) is 17.3 Å². The van der Waals surface area contributed by atoms with Crippen molar-refractivity contribution in [1.29, 1.82) is 0 Å². The number of hydrogen-bond donors (Lipinski definition) is 1. The number of hydrogen-bond acceptors (Lipinski definition) is 6. The van der Waals surface area contributed by atoms with Crippen molar-refractivity contribution in [3.05, 3.63) is 82.5 Å². The second kappa shape index (κ2) is 11.2. The lowest BCUT2D eigenvalue weighted by atomic mass is 10.1. The van der Waals surface area contributed by atoms with Crippen LogP contribution in [0.4, 0.5) is 5.82 Å². The number of anilines is 1. The first-order valence-corrected chi connectivity index (χ1v) is 11.6. The monoisotopic (exact) mass is 480 g/mol. The van der Waals surface area contributed by atoms with E-state index in [1.165, 1.54) is 0 Å². The fraction of sp³-hybridized carbons (Fsp3) is 0.308. The van der Waals surface area contributed by atoms with Gasteiger partial charge in [-0.2, -0.15) is 0 Å². The maximum absolute atomic E-state index is 13.1. The molecule has 0 bridgehead atoms. The second-order valence-corrected chi connectivity index (χ2v) is 8.56. The summed E-state index contributed by atoms with van der Waals surface area (Å²) in [7, 11) is 3.16. The van der Waals surface area contributed by atoms with Crippen LogP contribution in [0.1, 0.15) is 21.5 Å². The van der Waals surface area contributed by atoms with Gasteiger partial charge in [0.05, 0.1) is 19.8 Å². The summed E-state index contributed by atoms with van der Waals surface area (Å²) < 4.78 is 10.7. The van der Waals surface area contributed by atoms with Gasteiger partial charge in [0.2, 0.25) is 0 Å². The number of rotatable bonds is 8. The number of ether oxygens (including phenoxy) is 2. The van der Waals surface area contributed by atoms with Gasteiger partial charge in [-0.05, 0) is 35.9 Å². The van der Waals surface area contributed by atoms with Crippen LogP contribution in [0.5, 0.6) is 11.5 Å². The molecule has 34 heavy (non-hydrogen) atoms. The Labute approximate surface area is 205 Å². The molecule has 0 radical (unpaired) electrons. The maximum atomic E-state index is 13.1. The molecular weight excluding hydrogens is 452 g/mol. The van der Waals surface area contributed by atoms with Crippen molar-refractivity contribution < 1.29 is 14.3 Å².